The molecule has 3 aromatic rings. The van der Waals surface area contributed by atoms with E-state index in [1.54, 1.807) is 36.4 Å². The zero-order valence-corrected chi connectivity index (χ0v) is 100. The van der Waals surface area contributed by atoms with Crippen LogP contribution in [-0.2, 0) is 71.5 Å². The molecule has 3 N–H and O–H groups in total. The van der Waals surface area contributed by atoms with Gasteiger partial charge in [0.1, 0.15) is 26.7 Å². The molecule has 0 aliphatic heterocycles. The number of nitrogens with zero attached hydrogens (tertiary/aromatic N) is 1. The van der Waals surface area contributed by atoms with Crippen molar-refractivity contribution in [1.82, 2.24) is 4.57 Å². The van der Waals surface area contributed by atoms with Crippen molar-refractivity contribution in [3.63, 3.8) is 0 Å². The number of alkyl halides is 2. The third-order valence-electron chi connectivity index (χ3n) is 31.5. The predicted molar refractivity (Wildman–Crippen MR) is 588 cm³/mol. The molecule has 140 heavy (non-hydrogen) atoms. The Morgan fingerprint density at radius 1 is 0.500 bits per heavy atom. The molecule has 3 atom stereocenters. The number of aliphatic hydroxyl groups excluding tert-OH is 1. The van der Waals surface area contributed by atoms with Gasteiger partial charge in [0.2, 0.25) is 8.32 Å². The first-order valence-corrected chi connectivity index (χ1v) is 69.0. The third kappa shape index (κ3) is 43.6. The number of Topliss-reactive ketones (excluding diaryl/α,β-unsaturated/α-hetero) is 2. The molecule has 0 radical (unpaired) electrons. The molecule has 2 aromatic carbocycles. The fourth-order valence-corrected chi connectivity index (χ4v) is 26.0. The molecule has 6 aliphatic carbocycles. The Bertz CT molecular complexity index is 4380. The average Bonchev–Trinajstić information content (AvgIpc) is 0.772. The number of rotatable bonds is 36. The monoisotopic (exact) mass is 2190 g/mol. The van der Waals surface area contributed by atoms with E-state index in [9.17, 15) is 53.4 Å². The molecule has 6 aliphatic rings. The van der Waals surface area contributed by atoms with Crippen LogP contribution in [-0.4, -0.2) is 182 Å². The third-order valence-corrected chi connectivity index (χ3v) is 55.6. The maximum atomic E-state index is 13.7. The van der Waals surface area contributed by atoms with Crippen LogP contribution < -0.4 is 10.3 Å². The summed E-state index contributed by atoms with van der Waals surface area (Å²) in [7, 11) is -6.89. The number of aldehydes is 1. The van der Waals surface area contributed by atoms with E-state index in [1.807, 2.05) is 26.8 Å². The lowest BCUT2D eigenvalue weighted by Gasteiger charge is -2.41. The van der Waals surface area contributed by atoms with Gasteiger partial charge in [0.05, 0.1) is 57.8 Å². The van der Waals surface area contributed by atoms with Crippen LogP contribution >= 0.6 is 43.5 Å². The second kappa shape index (κ2) is 58.3. The van der Waals surface area contributed by atoms with Crippen molar-refractivity contribution in [1.29, 1.82) is 0 Å². The minimum Gasteiger partial charge on any atom is -0.495 e. The number of carboxylic acids is 2. The second-order valence-corrected chi connectivity index (χ2v) is 73.7. The highest BCUT2D eigenvalue weighted by Gasteiger charge is 2.48. The van der Waals surface area contributed by atoms with Gasteiger partial charge in [0.15, 0.2) is 44.8 Å². The van der Waals surface area contributed by atoms with Gasteiger partial charge in [-0.15, -0.1) is 0 Å². The van der Waals surface area contributed by atoms with Gasteiger partial charge in [-0.25, -0.2) is 9.59 Å². The van der Waals surface area contributed by atoms with E-state index < -0.39 is 70.0 Å². The molecule has 0 bridgehead atoms. The Balaban J connectivity index is 0.000000362. The van der Waals surface area contributed by atoms with Gasteiger partial charge in [0, 0.05) is 77.6 Å². The molecule has 1 aromatic heterocycles. The van der Waals surface area contributed by atoms with Crippen LogP contribution in [0.25, 0.3) is 11.1 Å². The number of carboxylic acid groups (broad SMARTS) is 2. The maximum absolute atomic E-state index is 13.7. The highest BCUT2D eigenvalue weighted by atomic mass is 79.9. The number of allylic oxidation sites excluding steroid dienone is 1. The molecule has 0 spiro atoms. The number of ether oxygens (including phenoxy) is 4. The normalized spacial score (nSPS) is 23.1. The summed E-state index contributed by atoms with van der Waals surface area (Å²) >= 11 is 12.9. The predicted octanol–water partition coefficient (Wildman–Crippen LogP) is 28.6. The number of hydrogen-bond acceptors (Lipinski definition) is 19. The van der Waals surface area contributed by atoms with Crippen LogP contribution in [0, 0.1) is 42.4 Å². The Morgan fingerprint density at radius 2 is 0.886 bits per heavy atom. The molecule has 6 saturated carbocycles. The highest BCUT2D eigenvalue weighted by molar-refractivity contribution is 9.10. The number of ketones is 2. The Labute approximate surface area is 871 Å². The first-order valence-electron chi connectivity index (χ1n) is 52.3. The smallest absolute Gasteiger partial charge is 0.335 e. The van der Waals surface area contributed by atoms with Gasteiger partial charge >= 0.3 is 29.8 Å². The first-order chi connectivity index (χ1) is 64.7. The minimum atomic E-state index is -1.78. The van der Waals surface area contributed by atoms with Crippen LogP contribution in [0.2, 0.25) is 95.7 Å². The van der Waals surface area contributed by atoms with Gasteiger partial charge in [-0.1, -0.05) is 145 Å². The zero-order valence-electron chi connectivity index (χ0n) is 91.4. The van der Waals surface area contributed by atoms with Gasteiger partial charge in [-0.05, 0) is 378 Å². The number of pyridine rings is 1. The molecule has 6 fully saturated rings. The molecule has 0 saturated heterocycles. The lowest BCUT2D eigenvalue weighted by atomic mass is 9.82. The first kappa shape index (κ1) is 128. The number of carbonyl (C=O) groups excluding carboxylic acids is 6. The van der Waals surface area contributed by atoms with Crippen molar-refractivity contribution in [2.75, 3.05) is 26.9 Å². The fourth-order valence-electron chi connectivity index (χ4n) is 17.5. The number of methoxy groups -OCH3 is 1. The number of esters is 3. The van der Waals surface area contributed by atoms with Crippen molar-refractivity contribution in [2.45, 2.75) is 460 Å². The SMILES string of the molecule is CC(C)(C)[Si](C)(C)OC1CCC(C=O)CC1.CCOC(=O)/C=C/C1CCC(O[Si](C)(C)C(C)(C)C)CC1.CCOC(=O)C(Br)CC1CCC(O[Si](C)(C)C(C)(C)C)CC1.CCOC(=O)CCC1CCC(O[Si](C)(C)C(C)(C)C)CC1.COc1cn(C(CC2CCC(O)CC2)C(=O)Cc2ccc(C(=O)O)cc2)c(=O)cc1-c1cc(Cl)ccc1C(C)=O.[CH2+]C(C)(C)[Si](C)(C)OC1CCC(CC(Br)C(=O)O)CC1. The summed E-state index contributed by atoms with van der Waals surface area (Å²) in [5.41, 5.74) is 1.58. The molecule has 9 rings (SSSR count). The summed E-state index contributed by atoms with van der Waals surface area (Å²) in [5, 5.41) is 29.6. The van der Waals surface area contributed by atoms with Crippen molar-refractivity contribution < 1.29 is 94.8 Å². The van der Waals surface area contributed by atoms with Gasteiger partial charge in [0.25, 0.3) is 5.56 Å². The summed E-state index contributed by atoms with van der Waals surface area (Å²) < 4.78 is 54.3. The van der Waals surface area contributed by atoms with E-state index >= 15 is 0 Å². The van der Waals surface area contributed by atoms with Crippen molar-refractivity contribution in [3.05, 3.63) is 106 Å². The quantitative estimate of drug-likeness (QED) is 0.00712. The van der Waals surface area contributed by atoms with Crippen molar-refractivity contribution >= 4 is 133 Å². The van der Waals surface area contributed by atoms with E-state index in [-0.39, 0.29) is 83.5 Å². The molecule has 0 amide bonds. The molecule has 22 nitrogen and oxygen atoms in total. The molecule has 1 heterocycles. The van der Waals surface area contributed by atoms with Crippen LogP contribution in [0.3, 0.4) is 0 Å². The number of aliphatic hydroxyl groups is 1. The lowest BCUT2D eigenvalue weighted by Crippen LogP contribution is -2.45. The fraction of sp³-hybridized carbons (Fsp3) is 0.745. The number of benzene rings is 2. The van der Waals surface area contributed by atoms with Crippen LogP contribution in [0.4, 0.5) is 0 Å². The van der Waals surface area contributed by atoms with Crippen LogP contribution in [0.1, 0.15) is 343 Å². The Morgan fingerprint density at radius 3 is 1.26 bits per heavy atom. The van der Waals surface area contributed by atoms with Crippen LogP contribution in [0.5, 0.6) is 5.75 Å². The molecule has 30 heteroatoms. The number of carbonyl (C=O) groups is 8. The topological polar surface area (TPSA) is 302 Å². The van der Waals surface area contributed by atoms with Crippen molar-refractivity contribution in [2.24, 2.45) is 35.5 Å². The van der Waals surface area contributed by atoms with Crippen molar-refractivity contribution in [3.8, 4) is 16.9 Å². The van der Waals surface area contributed by atoms with E-state index in [4.69, 9.17) is 57.8 Å². The number of halogens is 3. The number of aromatic carboxylic acids is 1. The summed E-state index contributed by atoms with van der Waals surface area (Å²) in [6, 6.07) is 11.5. The molecular formula is C110H185Br2ClNO21Si5+. The van der Waals surface area contributed by atoms with E-state index in [2.05, 4.69) is 201 Å². The summed E-state index contributed by atoms with van der Waals surface area (Å²) in [6.45, 7) is 67.4. The largest absolute Gasteiger partial charge is 0.495 e. The zero-order chi connectivity index (χ0) is 106. The number of hydrogen-bond donors (Lipinski definition) is 3. The number of aromatic nitrogens is 1. The molecule has 796 valence electrons. The summed E-state index contributed by atoms with van der Waals surface area (Å²) in [5.74, 6) is 0.433. The Kier molecular flexibility index (Phi) is 53.1. The van der Waals surface area contributed by atoms with Gasteiger partial charge in [-0.3, -0.25) is 28.8 Å². The maximum Gasteiger partial charge on any atom is 0.335 e. The standard InChI is InChI=1S/C31H32ClNO7.C17H33BrO3Si.C17H34O3Si.C17H32O3Si.C15H27BrO3Si.C13H26O2Si/c1-18(34)24-12-9-22(32)15-25(24)26-16-30(37)33(17-29(26)40-2)27(13-19-5-10-23(35)11-6-19)28(36)14-20-3-7-21(8-4-20)31(38)39;1-7-20-16(19)15(18)12-13-8-10-14(11-9-13)21-22(5,6)17(2,3)4;2*1-7-19-16(18)13-10-14-8-11-15(12-9-14)20-21(5,6)17(2,3)4;1-15(2,3)20(4,5)19-12-8-6-11(7-9-12)10-13(16)14(17)18;1-13(2,3)16(4,5)15-12-8-6-11(10-14)7-9-12/h3-4,7-9,12,15-17,19,23,27,35H,5-6,10-11,13-14H2,1-2H3,(H,38,39);13-15H,7-12H2,1-6H3;14-15H,7-13H2,1-6H3;10,13-15H,7-9,11-12H2,1-6H3;11-13H,1,6-10H2,2-5H3;10-12H,6-9H2,1-5H3/p+1/b;;;13-10+;;. The second-order valence-electron chi connectivity index (χ2n) is 47.4. The lowest BCUT2D eigenvalue weighted by molar-refractivity contribution is -0.144. The van der Waals surface area contributed by atoms with E-state index in [0.29, 0.717) is 139 Å². The highest BCUT2D eigenvalue weighted by Crippen LogP contribution is 2.47. The summed E-state index contributed by atoms with van der Waals surface area (Å²) in [4.78, 5) is 106. The summed E-state index contributed by atoms with van der Waals surface area (Å²) in [6.07, 6.45) is 36.3. The average molecular weight is 2190 g/mol. The van der Waals surface area contributed by atoms with E-state index in [0.717, 1.165) is 154 Å². The van der Waals surface area contributed by atoms with E-state index in [1.165, 1.54) is 55.8 Å². The molecular weight excluding hydrogens is 2010 g/mol. The number of aliphatic carboxylic acids is 1. The minimum absolute atomic E-state index is 0.00805. The Hall–Kier alpha value is -4.75. The molecule has 3 unspecified atom stereocenters. The van der Waals surface area contributed by atoms with Gasteiger partial charge in [-0.2, -0.15) is 0 Å². The van der Waals surface area contributed by atoms with Crippen LogP contribution in [0.15, 0.2) is 71.7 Å². The van der Waals surface area contributed by atoms with Gasteiger partial charge < -0.3 is 65.8 Å².